The van der Waals surface area contributed by atoms with Gasteiger partial charge in [-0.25, -0.2) is 0 Å². The van der Waals surface area contributed by atoms with Crippen LogP contribution in [-0.2, 0) is 19.2 Å². The quantitative estimate of drug-likeness (QED) is 0.192. The minimum atomic E-state index is -0.963. The van der Waals surface area contributed by atoms with Crippen molar-refractivity contribution in [1.29, 1.82) is 0 Å². The van der Waals surface area contributed by atoms with Crippen LogP contribution in [0.25, 0.3) is 0 Å². The van der Waals surface area contributed by atoms with Gasteiger partial charge in [-0.05, 0) is 43.6 Å². The van der Waals surface area contributed by atoms with Gasteiger partial charge >= 0.3 is 23.9 Å². The van der Waals surface area contributed by atoms with Crippen LogP contribution < -0.4 is 22.9 Å². The van der Waals surface area contributed by atoms with E-state index in [0.717, 1.165) is 12.2 Å². The van der Waals surface area contributed by atoms with Gasteiger partial charge in [-0.3, -0.25) is 19.2 Å². The smallest absolute Gasteiger partial charge is 0.320 e. The second-order valence-corrected chi connectivity index (χ2v) is 8.66. The molecule has 5 atom stereocenters. The van der Waals surface area contributed by atoms with E-state index in [9.17, 15) is 19.2 Å². The van der Waals surface area contributed by atoms with Crippen molar-refractivity contribution < 1.29 is 39.6 Å². The molecule has 0 saturated carbocycles. The molecule has 0 aliphatic heterocycles. The molecule has 0 saturated heterocycles. The van der Waals surface area contributed by atoms with Crippen molar-refractivity contribution in [2.45, 2.75) is 78.0 Å². The van der Waals surface area contributed by atoms with E-state index in [2.05, 4.69) is 0 Å². The highest BCUT2D eigenvalue weighted by molar-refractivity contribution is 7.98. The van der Waals surface area contributed by atoms with Crippen molar-refractivity contribution >= 4 is 35.6 Å². The molecule has 0 aliphatic rings. The second-order valence-electron chi connectivity index (χ2n) is 7.68. The van der Waals surface area contributed by atoms with E-state index in [-0.39, 0.29) is 5.92 Å². The van der Waals surface area contributed by atoms with Gasteiger partial charge < -0.3 is 43.4 Å². The fourth-order valence-corrected chi connectivity index (χ4v) is 1.96. The third-order valence-corrected chi connectivity index (χ3v) is 4.57. The van der Waals surface area contributed by atoms with E-state index >= 15 is 0 Å². The lowest BCUT2D eigenvalue weighted by Gasteiger charge is -2.11. The summed E-state index contributed by atoms with van der Waals surface area (Å²) in [5, 5.41) is 32.8. The first-order chi connectivity index (χ1) is 15.0. The Kier molecular flexibility index (Phi) is 27.0. The maximum Gasteiger partial charge on any atom is 0.320 e. The third-order valence-electron chi connectivity index (χ3n) is 3.92. The third kappa shape index (κ3) is 30.1. The van der Waals surface area contributed by atoms with Crippen LogP contribution in [0.2, 0.25) is 0 Å². The van der Waals surface area contributed by atoms with Crippen molar-refractivity contribution in [3.63, 3.8) is 0 Å². The highest BCUT2D eigenvalue weighted by Gasteiger charge is 2.17. The number of thioether (sulfide) groups is 1. The van der Waals surface area contributed by atoms with Gasteiger partial charge in [-0.1, -0.05) is 34.1 Å². The van der Waals surface area contributed by atoms with Crippen LogP contribution in [0.5, 0.6) is 0 Å². The van der Waals surface area contributed by atoms with Gasteiger partial charge in [0.15, 0.2) is 0 Å². The second kappa shape index (κ2) is 23.2. The van der Waals surface area contributed by atoms with Crippen LogP contribution in [0.4, 0.5) is 0 Å². The zero-order valence-electron chi connectivity index (χ0n) is 20.4. The summed E-state index contributed by atoms with van der Waals surface area (Å²) in [4.78, 5) is 39.9. The van der Waals surface area contributed by atoms with Gasteiger partial charge in [-0.2, -0.15) is 11.8 Å². The molecular weight excluding hydrogens is 456 g/mol. The largest absolute Gasteiger partial charge is 0.480 e. The molecule has 13 heteroatoms. The molecule has 0 fully saturated rings. The number of carboxylic acids is 4. The highest BCUT2D eigenvalue weighted by atomic mass is 32.2. The van der Waals surface area contributed by atoms with E-state index in [1.807, 2.05) is 34.0 Å². The Morgan fingerprint density at radius 1 is 0.758 bits per heavy atom. The Balaban J connectivity index is -0.000000172. The minimum absolute atomic E-state index is 0.0718. The molecule has 0 rings (SSSR count). The summed E-state index contributed by atoms with van der Waals surface area (Å²) in [6, 6.07) is -2.80. The molecular formula is C20H44N4O8S. The Labute approximate surface area is 200 Å². The summed E-state index contributed by atoms with van der Waals surface area (Å²) in [5.41, 5.74) is 20.5. The minimum Gasteiger partial charge on any atom is -0.480 e. The molecule has 0 heterocycles. The first-order valence-corrected chi connectivity index (χ1v) is 11.8. The van der Waals surface area contributed by atoms with Gasteiger partial charge in [-0.15, -0.1) is 0 Å². The van der Waals surface area contributed by atoms with Crippen LogP contribution in [-0.4, -0.2) is 80.5 Å². The molecule has 0 aromatic rings. The monoisotopic (exact) mass is 500 g/mol. The number of hydrogen-bond acceptors (Lipinski definition) is 9. The molecule has 0 aromatic carbocycles. The lowest BCUT2D eigenvalue weighted by atomic mass is 10.0. The van der Waals surface area contributed by atoms with Crippen LogP contribution in [0.15, 0.2) is 0 Å². The van der Waals surface area contributed by atoms with E-state index in [4.69, 9.17) is 43.4 Å². The standard InChI is InChI=1S/2C6H13NO2.C5H11NO2S.C3H7NO2/c1-4(2)3-5(7)6(8)9;1-3-4(2)5(7)6(8)9;1-9-3-2-4(6)5(7)8;1-2(4)3(5)6/h2*4-5H,3,7H2,1-2H3,(H,8,9);4H,2-3,6H2,1H3,(H,7,8);2H,4H2,1H3,(H,5,6). The Morgan fingerprint density at radius 3 is 1.30 bits per heavy atom. The number of carbonyl (C=O) groups is 4. The summed E-state index contributed by atoms with van der Waals surface area (Å²) < 4.78 is 0. The molecule has 33 heavy (non-hydrogen) atoms. The normalized spacial score (nSPS) is 14.4. The molecule has 12 nitrogen and oxygen atoms in total. The lowest BCUT2D eigenvalue weighted by molar-refractivity contribution is -0.140. The Morgan fingerprint density at radius 2 is 1.15 bits per heavy atom. The molecule has 0 radical (unpaired) electrons. The summed E-state index contributed by atoms with van der Waals surface area (Å²) in [6.45, 7) is 9.07. The van der Waals surface area contributed by atoms with Gasteiger partial charge in [0.1, 0.15) is 24.2 Å². The number of carboxylic acid groups (broad SMARTS) is 4. The van der Waals surface area contributed by atoms with Crippen molar-refractivity contribution in [3.05, 3.63) is 0 Å². The maximum atomic E-state index is 10.2. The summed E-state index contributed by atoms with van der Waals surface area (Å²) >= 11 is 1.60. The average Bonchev–Trinajstić information content (AvgIpc) is 2.71. The Bertz CT molecular complexity index is 550. The van der Waals surface area contributed by atoms with Crippen molar-refractivity contribution in [1.82, 2.24) is 0 Å². The van der Waals surface area contributed by atoms with Crippen LogP contribution in [0.1, 0.15) is 53.9 Å². The van der Waals surface area contributed by atoms with Crippen molar-refractivity contribution in [2.24, 2.45) is 34.8 Å². The average molecular weight is 501 g/mol. The molecule has 0 bridgehead atoms. The molecule has 0 spiro atoms. The van der Waals surface area contributed by atoms with Crippen LogP contribution in [0.3, 0.4) is 0 Å². The van der Waals surface area contributed by atoms with Crippen molar-refractivity contribution in [3.8, 4) is 0 Å². The lowest BCUT2D eigenvalue weighted by Crippen LogP contribution is -2.36. The topological polar surface area (TPSA) is 253 Å². The molecule has 12 N–H and O–H groups in total. The molecule has 198 valence electrons. The van der Waals surface area contributed by atoms with Crippen LogP contribution in [0, 0.1) is 11.8 Å². The molecule has 0 aliphatic carbocycles. The predicted molar refractivity (Wildman–Crippen MR) is 130 cm³/mol. The van der Waals surface area contributed by atoms with Gasteiger partial charge in [0.05, 0.1) is 0 Å². The zero-order chi connectivity index (χ0) is 27.3. The SMILES string of the molecule is CC(C)CC(N)C(=O)O.CC(N)C(=O)O.CCC(C)C(N)C(=O)O.CSCCC(N)C(=O)O. The molecule has 0 amide bonds. The zero-order valence-corrected chi connectivity index (χ0v) is 21.2. The number of rotatable bonds is 11. The fourth-order valence-electron chi connectivity index (χ4n) is 1.47. The number of aliphatic carboxylic acids is 4. The number of nitrogens with two attached hydrogens (primary N) is 4. The van der Waals surface area contributed by atoms with Crippen molar-refractivity contribution in [2.75, 3.05) is 12.0 Å². The van der Waals surface area contributed by atoms with E-state index in [0.29, 0.717) is 18.8 Å². The van der Waals surface area contributed by atoms with Gasteiger partial charge in [0.25, 0.3) is 0 Å². The van der Waals surface area contributed by atoms with Gasteiger partial charge in [0, 0.05) is 0 Å². The summed E-state index contributed by atoms with van der Waals surface area (Å²) in [6.07, 6.45) is 3.84. The van der Waals surface area contributed by atoms with Crippen LogP contribution >= 0.6 is 11.8 Å². The number of hydrogen-bond donors (Lipinski definition) is 8. The first kappa shape index (κ1) is 38.3. The Hall–Kier alpha value is -1.93. The maximum absolute atomic E-state index is 10.2. The van der Waals surface area contributed by atoms with E-state index in [1.54, 1.807) is 11.8 Å². The molecule has 5 unspecified atom stereocenters. The first-order valence-electron chi connectivity index (χ1n) is 10.4. The van der Waals surface area contributed by atoms with E-state index < -0.39 is 48.0 Å². The van der Waals surface area contributed by atoms with Gasteiger partial charge in [0.2, 0.25) is 0 Å². The highest BCUT2D eigenvalue weighted by Crippen LogP contribution is 2.04. The predicted octanol–water partition coefficient (Wildman–Crippen LogP) is 0.458. The summed E-state index contributed by atoms with van der Waals surface area (Å²) in [5.74, 6) is -2.46. The molecule has 0 aromatic heterocycles. The fraction of sp³-hybridized carbons (Fsp3) is 0.800. The van der Waals surface area contributed by atoms with E-state index in [1.165, 1.54) is 6.92 Å². The summed E-state index contributed by atoms with van der Waals surface area (Å²) in [7, 11) is 0.